The Balaban J connectivity index is 1.10. The van der Waals surface area contributed by atoms with Gasteiger partial charge in [0, 0.05) is 11.4 Å². The smallest absolute Gasteiger partial charge is 0.0726 e. The highest BCUT2D eigenvalue weighted by Crippen LogP contribution is 2.63. The normalized spacial score (nSPS) is 14.6. The molecule has 0 fully saturated rings. The quantitative estimate of drug-likeness (QED) is 0.200. The van der Waals surface area contributed by atoms with Crippen LogP contribution < -0.4 is 5.32 Å². The maximum absolute atomic E-state index is 3.91. The molecule has 3 aliphatic carbocycles. The molecule has 3 aliphatic rings. The molecular weight excluding hydrogens is 615 g/mol. The molecule has 8 aromatic rings. The van der Waals surface area contributed by atoms with Crippen molar-refractivity contribution in [2.24, 2.45) is 0 Å². The molecule has 0 unspecified atom stereocenters. The van der Waals surface area contributed by atoms with Crippen molar-refractivity contribution in [3.63, 3.8) is 0 Å². The lowest BCUT2D eigenvalue weighted by Crippen LogP contribution is -2.28. The molecule has 1 nitrogen and oxygen atoms in total. The van der Waals surface area contributed by atoms with Crippen LogP contribution in [-0.4, -0.2) is 0 Å². The van der Waals surface area contributed by atoms with Crippen molar-refractivity contribution in [3.05, 3.63) is 239 Å². The van der Waals surface area contributed by atoms with Crippen molar-refractivity contribution in [2.75, 3.05) is 5.32 Å². The highest BCUT2D eigenvalue weighted by atomic mass is 14.9. The molecule has 0 aliphatic heterocycles. The van der Waals surface area contributed by atoms with E-state index in [1.807, 2.05) is 0 Å². The van der Waals surface area contributed by atoms with E-state index in [9.17, 15) is 0 Å². The second-order valence-electron chi connectivity index (χ2n) is 14.1. The van der Waals surface area contributed by atoms with E-state index in [1.54, 1.807) is 0 Å². The summed E-state index contributed by atoms with van der Waals surface area (Å²) in [6.45, 7) is 0. The molecule has 51 heavy (non-hydrogen) atoms. The summed E-state index contributed by atoms with van der Waals surface area (Å²) in [7, 11) is 0. The summed E-state index contributed by atoms with van der Waals surface area (Å²) in [5, 5.41) is 3.91. The SMILES string of the molecule is c1ccc(C2(c3ccccc3)c3ccccc3-c3ccc(Nc4ccc5c(c4)C4(c6ccccc6-c6ccccc64)c4ccccc4-5)cc32)cc1. The van der Waals surface area contributed by atoms with E-state index in [0.717, 1.165) is 11.4 Å². The molecule has 1 spiro atoms. The number of nitrogens with one attached hydrogen (secondary N) is 1. The first-order valence-corrected chi connectivity index (χ1v) is 17.9. The fourth-order valence-electron chi connectivity index (χ4n) is 9.86. The molecule has 1 heteroatoms. The van der Waals surface area contributed by atoms with Gasteiger partial charge in [-0.1, -0.05) is 170 Å². The van der Waals surface area contributed by atoms with Gasteiger partial charge in [-0.25, -0.2) is 0 Å². The Morgan fingerprint density at radius 3 is 0.980 bits per heavy atom. The largest absolute Gasteiger partial charge is 0.356 e. The van der Waals surface area contributed by atoms with E-state index in [4.69, 9.17) is 0 Å². The van der Waals surface area contributed by atoms with Gasteiger partial charge in [-0.15, -0.1) is 0 Å². The molecule has 0 aromatic heterocycles. The minimum absolute atomic E-state index is 0.369. The van der Waals surface area contributed by atoms with Gasteiger partial charge in [0.25, 0.3) is 0 Å². The molecule has 0 radical (unpaired) electrons. The third kappa shape index (κ3) is 3.65. The molecule has 0 amide bonds. The summed E-state index contributed by atoms with van der Waals surface area (Å²) in [6.07, 6.45) is 0. The van der Waals surface area contributed by atoms with Crippen LogP contribution in [0.2, 0.25) is 0 Å². The van der Waals surface area contributed by atoms with Crippen molar-refractivity contribution in [1.82, 2.24) is 0 Å². The molecule has 8 aromatic carbocycles. The zero-order chi connectivity index (χ0) is 33.6. The van der Waals surface area contributed by atoms with Crippen LogP contribution in [-0.2, 0) is 10.8 Å². The standard InChI is InChI=1S/C50H33N/c1-3-15-33(16-4-1)49(34-17-5-2-6-18-34)43-23-11-7-21-39(43)41-29-27-35(31-47(41)49)51-36-28-30-42-40-22-10-14-26-46(40)50(48(42)32-36)44-24-12-8-19-37(44)38-20-9-13-25-45(38)50/h1-32,51H. The Morgan fingerprint density at radius 1 is 0.255 bits per heavy atom. The van der Waals surface area contributed by atoms with E-state index in [0.29, 0.717) is 0 Å². The third-order valence-corrected chi connectivity index (χ3v) is 11.7. The van der Waals surface area contributed by atoms with Crippen LogP contribution in [0.3, 0.4) is 0 Å². The van der Waals surface area contributed by atoms with E-state index in [-0.39, 0.29) is 5.41 Å². The average Bonchev–Trinajstić information content (AvgIpc) is 3.78. The lowest BCUT2D eigenvalue weighted by molar-refractivity contribution is 0.769. The first kappa shape index (κ1) is 28.4. The molecule has 11 rings (SSSR count). The summed E-state index contributed by atoms with van der Waals surface area (Å²) in [5.41, 5.74) is 19.8. The second-order valence-corrected chi connectivity index (χ2v) is 14.1. The van der Waals surface area contributed by atoms with E-state index in [2.05, 4.69) is 199 Å². The fraction of sp³-hybridized carbons (Fsp3) is 0.0400. The number of anilines is 2. The summed E-state index contributed by atoms with van der Waals surface area (Å²) in [5.74, 6) is 0. The van der Waals surface area contributed by atoms with Crippen LogP contribution in [0, 0.1) is 0 Å². The van der Waals surface area contributed by atoms with Gasteiger partial charge in [-0.3, -0.25) is 0 Å². The summed E-state index contributed by atoms with van der Waals surface area (Å²) in [6, 6.07) is 72.0. The predicted molar refractivity (Wildman–Crippen MR) is 210 cm³/mol. The van der Waals surface area contributed by atoms with Crippen LogP contribution in [0.15, 0.2) is 194 Å². The minimum Gasteiger partial charge on any atom is -0.356 e. The maximum atomic E-state index is 3.91. The number of benzene rings is 8. The second kappa shape index (κ2) is 10.5. The van der Waals surface area contributed by atoms with Crippen LogP contribution in [0.5, 0.6) is 0 Å². The Bertz CT molecular complexity index is 2460. The van der Waals surface area contributed by atoms with E-state index >= 15 is 0 Å². The average molecular weight is 648 g/mol. The lowest BCUT2D eigenvalue weighted by atomic mass is 9.67. The van der Waals surface area contributed by atoms with E-state index < -0.39 is 5.41 Å². The Kier molecular flexibility index (Phi) is 5.86. The summed E-state index contributed by atoms with van der Waals surface area (Å²) < 4.78 is 0. The highest BCUT2D eigenvalue weighted by molar-refractivity contribution is 5.96. The van der Waals surface area contributed by atoms with Gasteiger partial charge in [0.15, 0.2) is 0 Å². The van der Waals surface area contributed by atoms with Crippen molar-refractivity contribution in [3.8, 4) is 33.4 Å². The third-order valence-electron chi connectivity index (χ3n) is 11.7. The zero-order valence-electron chi connectivity index (χ0n) is 28.0. The van der Waals surface area contributed by atoms with Gasteiger partial charge in [0.2, 0.25) is 0 Å². The van der Waals surface area contributed by atoms with Crippen LogP contribution >= 0.6 is 0 Å². The molecule has 0 atom stereocenters. The minimum atomic E-state index is -0.437. The van der Waals surface area contributed by atoms with Gasteiger partial charge < -0.3 is 5.32 Å². The monoisotopic (exact) mass is 647 g/mol. The molecule has 0 heterocycles. The van der Waals surface area contributed by atoms with Crippen molar-refractivity contribution in [1.29, 1.82) is 0 Å². The Hall–Kier alpha value is -6.44. The Labute approximate surface area is 298 Å². The molecule has 0 saturated heterocycles. The number of rotatable bonds is 4. The number of fused-ring (bicyclic) bond motifs is 13. The van der Waals surface area contributed by atoms with Crippen molar-refractivity contribution in [2.45, 2.75) is 10.8 Å². The predicted octanol–water partition coefficient (Wildman–Crippen LogP) is 12.1. The molecule has 0 bridgehead atoms. The van der Waals surface area contributed by atoms with Gasteiger partial charge in [-0.05, 0) is 102 Å². The van der Waals surface area contributed by atoms with Gasteiger partial charge >= 0.3 is 0 Å². The van der Waals surface area contributed by atoms with E-state index in [1.165, 1.54) is 77.9 Å². The summed E-state index contributed by atoms with van der Waals surface area (Å²) in [4.78, 5) is 0. The van der Waals surface area contributed by atoms with Gasteiger partial charge in [0.05, 0.1) is 10.8 Å². The van der Waals surface area contributed by atoms with Crippen molar-refractivity contribution < 1.29 is 0 Å². The number of hydrogen-bond donors (Lipinski definition) is 1. The molecular formula is C50H33N. The van der Waals surface area contributed by atoms with Crippen LogP contribution in [0.4, 0.5) is 11.4 Å². The summed E-state index contributed by atoms with van der Waals surface area (Å²) >= 11 is 0. The molecule has 1 N–H and O–H groups in total. The van der Waals surface area contributed by atoms with Crippen LogP contribution in [0.25, 0.3) is 33.4 Å². The van der Waals surface area contributed by atoms with Gasteiger partial charge in [0.1, 0.15) is 0 Å². The first-order chi connectivity index (χ1) is 25.3. The number of hydrogen-bond acceptors (Lipinski definition) is 1. The maximum Gasteiger partial charge on any atom is 0.0726 e. The fourth-order valence-corrected chi connectivity index (χ4v) is 9.86. The Morgan fingerprint density at radius 2 is 0.569 bits per heavy atom. The zero-order valence-corrected chi connectivity index (χ0v) is 28.0. The lowest BCUT2D eigenvalue weighted by Gasteiger charge is -2.34. The first-order valence-electron chi connectivity index (χ1n) is 17.9. The van der Waals surface area contributed by atoms with Crippen LogP contribution in [0.1, 0.15) is 44.5 Å². The molecule has 0 saturated carbocycles. The van der Waals surface area contributed by atoms with Gasteiger partial charge in [-0.2, -0.15) is 0 Å². The van der Waals surface area contributed by atoms with Crippen molar-refractivity contribution >= 4 is 11.4 Å². The topological polar surface area (TPSA) is 12.0 Å². The highest BCUT2D eigenvalue weighted by Gasteiger charge is 2.51. The molecule has 238 valence electrons.